The van der Waals surface area contributed by atoms with Gasteiger partial charge in [0, 0.05) is 10.4 Å². The Morgan fingerprint density at radius 1 is 1.24 bits per heavy atom. The fourth-order valence-corrected chi connectivity index (χ4v) is 5.65. The van der Waals surface area contributed by atoms with E-state index in [9.17, 15) is 9.59 Å². The van der Waals surface area contributed by atoms with Crippen molar-refractivity contribution in [2.45, 2.75) is 62.5 Å². The highest BCUT2D eigenvalue weighted by atomic mass is 32.2. The third kappa shape index (κ3) is 4.41. The summed E-state index contributed by atoms with van der Waals surface area (Å²) < 4.78 is 5.65. The molecule has 1 N–H and O–H groups in total. The van der Waals surface area contributed by atoms with Crippen molar-refractivity contribution >= 4 is 39.3 Å². The molecule has 152 valence electrons. The summed E-state index contributed by atoms with van der Waals surface area (Å²) in [5.74, 6) is -0.239. The zero-order valence-corrected chi connectivity index (χ0v) is 18.2. The van der Waals surface area contributed by atoms with Crippen LogP contribution in [-0.4, -0.2) is 27.3 Å². The summed E-state index contributed by atoms with van der Waals surface area (Å²) in [7, 11) is 0. The molecular weight excluding hydrogens is 404 g/mol. The van der Waals surface area contributed by atoms with Gasteiger partial charge in [-0.25, -0.2) is 4.98 Å². The first-order valence-corrected chi connectivity index (χ1v) is 11.7. The lowest BCUT2D eigenvalue weighted by Gasteiger charge is -2.23. The number of rotatable bonds is 5. The summed E-state index contributed by atoms with van der Waals surface area (Å²) >= 11 is 2.75. The number of ether oxygens (including phenoxy) is 1. The van der Waals surface area contributed by atoms with Gasteiger partial charge in [-0.2, -0.15) is 0 Å². The number of H-pyrrole nitrogens is 1. The van der Waals surface area contributed by atoms with E-state index >= 15 is 0 Å². The lowest BCUT2D eigenvalue weighted by atomic mass is 9.98. The molecule has 2 aromatic heterocycles. The van der Waals surface area contributed by atoms with Crippen LogP contribution in [0.1, 0.15) is 43.9 Å². The van der Waals surface area contributed by atoms with Crippen LogP contribution in [0.5, 0.6) is 0 Å². The molecular formula is C22H24N2O3S2. The highest BCUT2D eigenvalue weighted by Crippen LogP contribution is 2.36. The van der Waals surface area contributed by atoms with E-state index in [2.05, 4.69) is 9.97 Å². The first-order chi connectivity index (χ1) is 14.0. The number of carbonyl (C=O) groups is 1. The number of hydrogen-bond donors (Lipinski definition) is 1. The number of thioether (sulfide) groups is 1. The van der Waals surface area contributed by atoms with Crippen LogP contribution in [0, 0.1) is 6.92 Å². The number of nitrogens with one attached hydrogen (secondary N) is 1. The number of hydrogen-bond acceptors (Lipinski definition) is 6. The molecule has 1 aliphatic carbocycles. The van der Waals surface area contributed by atoms with Crippen LogP contribution in [0.2, 0.25) is 0 Å². The van der Waals surface area contributed by atoms with Crippen LogP contribution in [-0.2, 0) is 9.53 Å². The van der Waals surface area contributed by atoms with Crippen molar-refractivity contribution < 1.29 is 9.53 Å². The molecule has 7 heteroatoms. The molecule has 5 nitrogen and oxygen atoms in total. The second-order valence-corrected chi connectivity index (χ2v) is 9.94. The highest BCUT2D eigenvalue weighted by molar-refractivity contribution is 8.00. The molecule has 1 aliphatic rings. The predicted molar refractivity (Wildman–Crippen MR) is 119 cm³/mol. The van der Waals surface area contributed by atoms with E-state index in [-0.39, 0.29) is 17.6 Å². The van der Waals surface area contributed by atoms with E-state index in [0.717, 1.165) is 41.7 Å². The quantitative estimate of drug-likeness (QED) is 0.338. The lowest BCUT2D eigenvalue weighted by molar-refractivity contribution is -0.149. The molecule has 1 aromatic carbocycles. The number of aromatic amines is 1. The third-order valence-corrected chi connectivity index (χ3v) is 7.20. The smallest absolute Gasteiger partial charge is 0.319 e. The highest BCUT2D eigenvalue weighted by Gasteiger charge is 2.24. The Balaban J connectivity index is 1.56. The molecule has 4 rings (SSSR count). The van der Waals surface area contributed by atoms with Crippen molar-refractivity contribution in [3.05, 3.63) is 45.6 Å². The van der Waals surface area contributed by atoms with Crippen LogP contribution in [0.4, 0.5) is 0 Å². The van der Waals surface area contributed by atoms with Gasteiger partial charge in [0.1, 0.15) is 16.2 Å². The predicted octanol–water partition coefficient (Wildman–Crippen LogP) is 5.32. The van der Waals surface area contributed by atoms with Gasteiger partial charge >= 0.3 is 5.97 Å². The van der Waals surface area contributed by atoms with Crippen LogP contribution >= 0.6 is 23.1 Å². The number of thiophene rings is 1. The Kier molecular flexibility index (Phi) is 6.06. The summed E-state index contributed by atoms with van der Waals surface area (Å²) in [5.41, 5.74) is 1.77. The molecule has 0 radical (unpaired) electrons. The summed E-state index contributed by atoms with van der Waals surface area (Å²) in [4.78, 5) is 34.5. The molecule has 1 saturated carbocycles. The lowest BCUT2D eigenvalue weighted by Crippen LogP contribution is -2.26. The molecule has 1 fully saturated rings. The molecule has 0 spiro atoms. The minimum Gasteiger partial charge on any atom is -0.462 e. The Labute approximate surface area is 177 Å². The second kappa shape index (κ2) is 8.71. The molecule has 0 aliphatic heterocycles. The first kappa shape index (κ1) is 20.2. The number of fused-ring (bicyclic) bond motifs is 1. The standard InChI is InChI=1S/C22H24N2O3S2/c1-13-17(15-9-5-3-6-10-15)18-19(25)23-22(24-20(18)28-13)29-14(2)21(26)27-16-11-7-4-8-12-16/h3,5-6,9-10,14,16H,4,7-8,11-12H2,1-2H3,(H,23,24,25). The molecule has 3 aromatic rings. The normalized spacial score (nSPS) is 16.1. The number of esters is 1. The minimum atomic E-state index is -0.424. The topological polar surface area (TPSA) is 72.0 Å². The van der Waals surface area contributed by atoms with E-state index in [1.165, 1.54) is 29.5 Å². The number of nitrogens with zero attached hydrogens (tertiary/aromatic N) is 1. The van der Waals surface area contributed by atoms with Gasteiger partial charge in [0.05, 0.1) is 5.39 Å². The zero-order chi connectivity index (χ0) is 20.4. The van der Waals surface area contributed by atoms with Gasteiger partial charge in [-0.3, -0.25) is 9.59 Å². The maximum atomic E-state index is 12.9. The number of aromatic nitrogens is 2. The molecule has 0 amide bonds. The van der Waals surface area contributed by atoms with Crippen LogP contribution in [0.3, 0.4) is 0 Å². The van der Waals surface area contributed by atoms with E-state index in [0.29, 0.717) is 15.4 Å². The molecule has 0 saturated heterocycles. The van der Waals surface area contributed by atoms with Crippen molar-refractivity contribution in [3.63, 3.8) is 0 Å². The van der Waals surface area contributed by atoms with Gasteiger partial charge in [0.25, 0.3) is 5.56 Å². The van der Waals surface area contributed by atoms with E-state index in [4.69, 9.17) is 4.74 Å². The fourth-order valence-electron chi connectivity index (χ4n) is 3.77. The number of carbonyl (C=O) groups excluding carboxylic acids is 1. The van der Waals surface area contributed by atoms with Crippen LogP contribution in [0.25, 0.3) is 21.3 Å². The largest absolute Gasteiger partial charge is 0.462 e. The molecule has 1 atom stereocenters. The second-order valence-electron chi connectivity index (χ2n) is 7.41. The first-order valence-electron chi connectivity index (χ1n) is 9.99. The van der Waals surface area contributed by atoms with Crippen molar-refractivity contribution in [1.29, 1.82) is 0 Å². The van der Waals surface area contributed by atoms with E-state index < -0.39 is 5.25 Å². The zero-order valence-electron chi connectivity index (χ0n) is 16.6. The van der Waals surface area contributed by atoms with Gasteiger partial charge < -0.3 is 9.72 Å². The Morgan fingerprint density at radius 3 is 2.69 bits per heavy atom. The maximum absolute atomic E-state index is 12.9. The van der Waals surface area contributed by atoms with Crippen molar-refractivity contribution in [2.24, 2.45) is 0 Å². The number of aryl methyl sites for hydroxylation is 1. The Morgan fingerprint density at radius 2 is 1.97 bits per heavy atom. The van der Waals surface area contributed by atoms with Crippen LogP contribution < -0.4 is 5.56 Å². The van der Waals surface area contributed by atoms with Crippen molar-refractivity contribution in [3.8, 4) is 11.1 Å². The third-order valence-electron chi connectivity index (χ3n) is 5.23. The van der Waals surface area contributed by atoms with Gasteiger partial charge in [0.2, 0.25) is 0 Å². The van der Waals surface area contributed by atoms with Crippen LogP contribution in [0.15, 0.2) is 40.3 Å². The van der Waals surface area contributed by atoms with Crippen molar-refractivity contribution in [2.75, 3.05) is 0 Å². The van der Waals surface area contributed by atoms with Gasteiger partial charge in [-0.05, 0) is 45.1 Å². The summed E-state index contributed by atoms with van der Waals surface area (Å²) in [5, 5.41) is 0.643. The Bertz CT molecular complexity index is 1070. The van der Waals surface area contributed by atoms with Gasteiger partial charge in [-0.1, -0.05) is 48.5 Å². The summed E-state index contributed by atoms with van der Waals surface area (Å²) in [6, 6.07) is 9.88. The van der Waals surface area contributed by atoms with E-state index in [1.54, 1.807) is 6.92 Å². The summed E-state index contributed by atoms with van der Waals surface area (Å²) in [6.07, 6.45) is 5.37. The average molecular weight is 429 g/mol. The van der Waals surface area contributed by atoms with E-state index in [1.807, 2.05) is 37.3 Å². The molecule has 2 heterocycles. The maximum Gasteiger partial charge on any atom is 0.319 e. The molecule has 29 heavy (non-hydrogen) atoms. The fraction of sp³-hybridized carbons (Fsp3) is 0.409. The minimum absolute atomic E-state index is 0.0298. The average Bonchev–Trinajstić information content (AvgIpc) is 3.05. The molecule has 1 unspecified atom stereocenters. The van der Waals surface area contributed by atoms with Crippen molar-refractivity contribution in [1.82, 2.24) is 9.97 Å². The summed E-state index contributed by atoms with van der Waals surface area (Å²) in [6.45, 7) is 3.81. The monoisotopic (exact) mass is 428 g/mol. The number of benzene rings is 1. The Hall–Kier alpha value is -2.12. The molecule has 0 bridgehead atoms. The van der Waals surface area contributed by atoms with Gasteiger partial charge in [-0.15, -0.1) is 11.3 Å². The SMILES string of the molecule is Cc1sc2nc(SC(C)C(=O)OC3CCCCC3)[nH]c(=O)c2c1-c1ccccc1. The van der Waals surface area contributed by atoms with Gasteiger partial charge in [0.15, 0.2) is 5.16 Å².